The number of carbonyl (C=O) groups is 1. The van der Waals surface area contributed by atoms with Crippen LogP contribution < -0.4 is 10.2 Å². The van der Waals surface area contributed by atoms with Gasteiger partial charge in [-0.2, -0.15) is 0 Å². The summed E-state index contributed by atoms with van der Waals surface area (Å²) in [6, 6.07) is 9.46. The van der Waals surface area contributed by atoms with Gasteiger partial charge in [0, 0.05) is 45.5 Å². The van der Waals surface area contributed by atoms with E-state index in [-0.39, 0.29) is 5.91 Å². The molecule has 0 bridgehead atoms. The van der Waals surface area contributed by atoms with Gasteiger partial charge in [-0.3, -0.25) is 4.79 Å². The molecule has 0 atom stereocenters. The van der Waals surface area contributed by atoms with Gasteiger partial charge in [-0.25, -0.2) is 4.68 Å². The topological polar surface area (TPSA) is 66.3 Å². The van der Waals surface area contributed by atoms with Crippen molar-refractivity contribution in [1.29, 1.82) is 0 Å². The monoisotopic (exact) mass is 422 g/mol. The van der Waals surface area contributed by atoms with Gasteiger partial charge in [-0.1, -0.05) is 29.5 Å². The SMILES string of the molecule is CN(C)c1ccc(/C=C/CNC2CCC(n3cc(C(=O)N4CCCC4)nn3)CC2)cc1. The summed E-state index contributed by atoms with van der Waals surface area (Å²) in [4.78, 5) is 16.5. The molecule has 2 aromatic rings. The molecule has 1 amide bonds. The van der Waals surface area contributed by atoms with Crippen molar-refractivity contribution in [2.24, 2.45) is 0 Å². The quantitative estimate of drug-likeness (QED) is 0.741. The van der Waals surface area contributed by atoms with Crippen molar-refractivity contribution in [3.05, 3.63) is 47.8 Å². The molecule has 1 N–H and O–H groups in total. The summed E-state index contributed by atoms with van der Waals surface area (Å²) in [7, 11) is 4.11. The molecule has 31 heavy (non-hydrogen) atoms. The zero-order valence-corrected chi connectivity index (χ0v) is 18.7. The van der Waals surface area contributed by atoms with E-state index >= 15 is 0 Å². The molecule has 166 valence electrons. The average molecular weight is 423 g/mol. The fourth-order valence-corrected chi connectivity index (χ4v) is 4.49. The summed E-state index contributed by atoms with van der Waals surface area (Å²) in [5.41, 5.74) is 2.93. The van der Waals surface area contributed by atoms with Crippen LogP contribution in [0.15, 0.2) is 36.5 Å². The number of hydrogen-bond donors (Lipinski definition) is 1. The minimum absolute atomic E-state index is 0.0299. The van der Waals surface area contributed by atoms with Gasteiger partial charge in [0.1, 0.15) is 0 Å². The number of nitrogens with zero attached hydrogens (tertiary/aromatic N) is 5. The van der Waals surface area contributed by atoms with Crippen LogP contribution in [0.1, 0.15) is 60.6 Å². The lowest BCUT2D eigenvalue weighted by Gasteiger charge is -2.28. The summed E-state index contributed by atoms with van der Waals surface area (Å²) in [5.74, 6) is 0.0299. The number of nitrogens with one attached hydrogen (secondary N) is 1. The van der Waals surface area contributed by atoms with Crippen molar-refractivity contribution in [2.75, 3.05) is 38.6 Å². The Hall–Kier alpha value is -2.67. The fraction of sp³-hybridized carbons (Fsp3) is 0.542. The number of amides is 1. The Balaban J connectivity index is 1.20. The molecule has 0 spiro atoms. The van der Waals surface area contributed by atoms with E-state index in [0.29, 0.717) is 17.8 Å². The van der Waals surface area contributed by atoms with E-state index in [1.165, 1.54) is 11.3 Å². The highest BCUT2D eigenvalue weighted by atomic mass is 16.2. The number of anilines is 1. The Morgan fingerprint density at radius 1 is 1.13 bits per heavy atom. The minimum Gasteiger partial charge on any atom is -0.378 e. The smallest absolute Gasteiger partial charge is 0.276 e. The van der Waals surface area contributed by atoms with Gasteiger partial charge in [0.05, 0.1) is 12.2 Å². The van der Waals surface area contributed by atoms with E-state index in [2.05, 4.69) is 71.0 Å². The number of benzene rings is 1. The van der Waals surface area contributed by atoms with E-state index in [0.717, 1.165) is 58.2 Å². The zero-order chi connectivity index (χ0) is 21.6. The maximum atomic E-state index is 12.5. The van der Waals surface area contributed by atoms with Gasteiger partial charge in [-0.15, -0.1) is 5.10 Å². The van der Waals surface area contributed by atoms with Gasteiger partial charge in [-0.05, 0) is 56.2 Å². The van der Waals surface area contributed by atoms with E-state index in [1.807, 2.05) is 15.8 Å². The number of hydrogen-bond acceptors (Lipinski definition) is 5. The number of aromatic nitrogens is 3. The Bertz CT molecular complexity index is 874. The first kappa shape index (κ1) is 21.6. The second-order valence-electron chi connectivity index (χ2n) is 8.89. The first-order valence-electron chi connectivity index (χ1n) is 11.5. The summed E-state index contributed by atoms with van der Waals surface area (Å²) in [6.07, 6.45) is 12.8. The van der Waals surface area contributed by atoms with Crippen LogP contribution in [0.3, 0.4) is 0 Å². The molecule has 1 aliphatic carbocycles. The van der Waals surface area contributed by atoms with Crippen molar-refractivity contribution < 1.29 is 4.79 Å². The lowest BCUT2D eigenvalue weighted by molar-refractivity contribution is 0.0787. The van der Waals surface area contributed by atoms with E-state index in [9.17, 15) is 4.79 Å². The van der Waals surface area contributed by atoms with Gasteiger partial charge in [0.2, 0.25) is 0 Å². The molecular formula is C24H34N6O. The predicted octanol–water partition coefficient (Wildman–Crippen LogP) is 3.37. The van der Waals surface area contributed by atoms with Crippen molar-refractivity contribution in [3.63, 3.8) is 0 Å². The van der Waals surface area contributed by atoms with Crippen LogP contribution in [0, 0.1) is 0 Å². The Labute approximate surface area is 185 Å². The number of rotatable bonds is 7. The van der Waals surface area contributed by atoms with Crippen LogP contribution in [-0.4, -0.2) is 65.6 Å². The highest BCUT2D eigenvalue weighted by molar-refractivity contribution is 5.92. The third kappa shape index (κ3) is 5.53. The van der Waals surface area contributed by atoms with Crippen LogP contribution in [0.4, 0.5) is 5.69 Å². The average Bonchev–Trinajstić information content (AvgIpc) is 3.50. The molecule has 1 aromatic carbocycles. The molecule has 1 aromatic heterocycles. The van der Waals surface area contributed by atoms with Crippen LogP contribution in [0.2, 0.25) is 0 Å². The lowest BCUT2D eigenvalue weighted by atomic mass is 9.91. The lowest BCUT2D eigenvalue weighted by Crippen LogP contribution is -2.34. The van der Waals surface area contributed by atoms with Crippen molar-refractivity contribution >= 4 is 17.7 Å². The number of carbonyl (C=O) groups excluding carboxylic acids is 1. The summed E-state index contributed by atoms with van der Waals surface area (Å²) in [6.45, 7) is 2.57. The molecule has 0 radical (unpaired) electrons. The van der Waals surface area contributed by atoms with Crippen molar-refractivity contribution in [2.45, 2.75) is 50.6 Å². The van der Waals surface area contributed by atoms with Gasteiger partial charge in [0.25, 0.3) is 5.91 Å². The van der Waals surface area contributed by atoms with E-state index in [4.69, 9.17) is 0 Å². The third-order valence-electron chi connectivity index (χ3n) is 6.44. The first-order chi connectivity index (χ1) is 15.1. The molecule has 2 aliphatic rings. The maximum absolute atomic E-state index is 12.5. The van der Waals surface area contributed by atoms with Gasteiger partial charge in [0.15, 0.2) is 5.69 Å². The van der Waals surface area contributed by atoms with E-state index < -0.39 is 0 Å². The van der Waals surface area contributed by atoms with Crippen LogP contribution in [0.5, 0.6) is 0 Å². The molecule has 2 fully saturated rings. The molecule has 2 heterocycles. The maximum Gasteiger partial charge on any atom is 0.276 e. The second-order valence-corrected chi connectivity index (χ2v) is 8.89. The van der Waals surface area contributed by atoms with Crippen LogP contribution in [0.25, 0.3) is 6.08 Å². The molecule has 1 saturated heterocycles. The highest BCUT2D eigenvalue weighted by Gasteiger charge is 2.26. The molecule has 7 heteroatoms. The predicted molar refractivity (Wildman–Crippen MR) is 124 cm³/mol. The summed E-state index contributed by atoms with van der Waals surface area (Å²) in [5, 5.41) is 12.1. The largest absolute Gasteiger partial charge is 0.378 e. The summed E-state index contributed by atoms with van der Waals surface area (Å²) >= 11 is 0. The molecule has 0 unspecified atom stereocenters. The summed E-state index contributed by atoms with van der Waals surface area (Å²) < 4.78 is 1.91. The number of likely N-dealkylation sites (tertiary alicyclic amines) is 1. The highest BCUT2D eigenvalue weighted by Crippen LogP contribution is 2.28. The van der Waals surface area contributed by atoms with E-state index in [1.54, 1.807) is 0 Å². The van der Waals surface area contributed by atoms with Crippen LogP contribution in [-0.2, 0) is 0 Å². The zero-order valence-electron chi connectivity index (χ0n) is 18.7. The Kier molecular flexibility index (Phi) is 7.02. The molecule has 1 aliphatic heterocycles. The van der Waals surface area contributed by atoms with Crippen molar-refractivity contribution in [3.8, 4) is 0 Å². The molecular weight excluding hydrogens is 388 g/mol. The fourth-order valence-electron chi connectivity index (χ4n) is 4.49. The molecule has 1 saturated carbocycles. The van der Waals surface area contributed by atoms with Gasteiger partial charge < -0.3 is 15.1 Å². The Morgan fingerprint density at radius 2 is 1.84 bits per heavy atom. The standard InChI is InChI=1S/C24H34N6O/c1-28(2)21-11-7-19(8-12-21)6-5-15-25-20-9-13-22(14-10-20)30-18-23(26-27-30)24(31)29-16-3-4-17-29/h5-8,11-12,18,20,22,25H,3-4,9-10,13-17H2,1-2H3/b6-5+. The minimum atomic E-state index is 0.0299. The molecule has 4 rings (SSSR count). The Morgan fingerprint density at radius 3 is 2.52 bits per heavy atom. The second kappa shape index (κ2) is 10.1. The van der Waals surface area contributed by atoms with Gasteiger partial charge >= 0.3 is 0 Å². The van der Waals surface area contributed by atoms with Crippen molar-refractivity contribution in [1.82, 2.24) is 25.2 Å². The normalized spacial score (nSPS) is 21.7. The van der Waals surface area contributed by atoms with Crippen LogP contribution >= 0.6 is 0 Å². The third-order valence-corrected chi connectivity index (χ3v) is 6.44. The first-order valence-corrected chi connectivity index (χ1v) is 11.5. The molecule has 7 nitrogen and oxygen atoms in total.